The third-order valence-electron chi connectivity index (χ3n) is 6.59. The second-order valence-corrected chi connectivity index (χ2v) is 10.3. The summed E-state index contributed by atoms with van der Waals surface area (Å²) in [6.45, 7) is 1.77. The molecule has 2 aromatic carbocycles. The van der Waals surface area contributed by atoms with Gasteiger partial charge in [0.25, 0.3) is 11.5 Å². The molecule has 0 unspecified atom stereocenters. The fourth-order valence-electron chi connectivity index (χ4n) is 4.74. The summed E-state index contributed by atoms with van der Waals surface area (Å²) in [5.74, 6) is -1.03. The Hall–Kier alpha value is -4.44. The maximum absolute atomic E-state index is 15.1. The number of hydrogen-bond donors (Lipinski definition) is 1. The summed E-state index contributed by atoms with van der Waals surface area (Å²) in [7, 11) is 0. The first kappa shape index (κ1) is 24.9. The van der Waals surface area contributed by atoms with Gasteiger partial charge in [0.1, 0.15) is 22.0 Å². The lowest BCUT2D eigenvalue weighted by Gasteiger charge is -2.13. The number of aromatic nitrogens is 3. The number of aryl methyl sites for hydroxylation is 3. The van der Waals surface area contributed by atoms with Crippen molar-refractivity contribution in [3.8, 4) is 17.3 Å². The molecule has 0 radical (unpaired) electrons. The smallest absolute Gasteiger partial charge is 0.267 e. The maximum atomic E-state index is 15.1. The molecule has 0 atom stereocenters. The van der Waals surface area contributed by atoms with Crippen LogP contribution in [0.5, 0.6) is 11.6 Å². The summed E-state index contributed by atoms with van der Waals surface area (Å²) in [6, 6.07) is 12.3. The number of pyridine rings is 1. The van der Waals surface area contributed by atoms with Crippen LogP contribution in [0.15, 0.2) is 65.6 Å². The minimum absolute atomic E-state index is 0.0402. The number of ether oxygens (including phenoxy) is 1. The van der Waals surface area contributed by atoms with Crippen LogP contribution in [0.25, 0.3) is 15.9 Å². The van der Waals surface area contributed by atoms with Gasteiger partial charge in [-0.1, -0.05) is 0 Å². The van der Waals surface area contributed by atoms with Crippen LogP contribution in [0.2, 0.25) is 0 Å². The SMILES string of the molecule is Cc1nc(Oc2ccc(NC(=O)c3cccn(-c4ccc(F)cc4)c3=O)cc2F)c2c3c(sc2n1)CCCC3. The molecule has 0 saturated heterocycles. The Labute approximate surface area is 225 Å². The van der Waals surface area contributed by atoms with Gasteiger partial charge in [-0.2, -0.15) is 4.98 Å². The average molecular weight is 545 g/mol. The van der Waals surface area contributed by atoms with Crippen LogP contribution in [0, 0.1) is 18.6 Å². The third kappa shape index (κ3) is 4.79. The van der Waals surface area contributed by atoms with Crippen LogP contribution < -0.4 is 15.6 Å². The molecule has 3 heterocycles. The van der Waals surface area contributed by atoms with E-state index in [4.69, 9.17) is 4.74 Å². The molecule has 0 spiro atoms. The summed E-state index contributed by atoms with van der Waals surface area (Å²) in [4.78, 5) is 37.0. The average Bonchev–Trinajstić information content (AvgIpc) is 3.29. The zero-order valence-corrected chi connectivity index (χ0v) is 21.6. The predicted molar refractivity (Wildman–Crippen MR) is 145 cm³/mol. The number of amides is 1. The lowest BCUT2D eigenvalue weighted by molar-refractivity contribution is 0.102. The van der Waals surface area contributed by atoms with Gasteiger partial charge in [0.2, 0.25) is 5.88 Å². The second-order valence-electron chi connectivity index (χ2n) is 9.24. The van der Waals surface area contributed by atoms with Crippen molar-refractivity contribution in [2.24, 2.45) is 0 Å². The minimum atomic E-state index is -0.706. The maximum Gasteiger partial charge on any atom is 0.267 e. The Morgan fingerprint density at radius 1 is 1.05 bits per heavy atom. The summed E-state index contributed by atoms with van der Waals surface area (Å²) in [5.41, 5.74) is 0.991. The monoisotopic (exact) mass is 544 g/mol. The van der Waals surface area contributed by atoms with Crippen molar-refractivity contribution in [2.45, 2.75) is 32.6 Å². The van der Waals surface area contributed by atoms with Crippen molar-refractivity contribution in [2.75, 3.05) is 5.32 Å². The van der Waals surface area contributed by atoms with E-state index in [9.17, 15) is 14.0 Å². The van der Waals surface area contributed by atoms with E-state index in [1.54, 1.807) is 18.3 Å². The number of nitrogens with one attached hydrogen (secondary N) is 1. The van der Waals surface area contributed by atoms with Crippen molar-refractivity contribution in [3.63, 3.8) is 0 Å². The summed E-state index contributed by atoms with van der Waals surface area (Å²) >= 11 is 1.63. The first-order chi connectivity index (χ1) is 18.9. The highest BCUT2D eigenvalue weighted by Crippen LogP contribution is 2.41. The minimum Gasteiger partial charge on any atom is -0.435 e. The molecule has 7 nitrogen and oxygen atoms in total. The zero-order valence-electron chi connectivity index (χ0n) is 20.8. The molecule has 39 heavy (non-hydrogen) atoms. The van der Waals surface area contributed by atoms with Crippen molar-refractivity contribution < 1.29 is 18.3 Å². The molecule has 1 aliphatic rings. The number of carbonyl (C=O) groups is 1. The van der Waals surface area contributed by atoms with Gasteiger partial charge >= 0.3 is 0 Å². The molecule has 5 aromatic rings. The normalized spacial score (nSPS) is 12.8. The van der Waals surface area contributed by atoms with Crippen LogP contribution in [0.3, 0.4) is 0 Å². The van der Waals surface area contributed by atoms with Crippen LogP contribution in [0.4, 0.5) is 14.5 Å². The van der Waals surface area contributed by atoms with E-state index in [2.05, 4.69) is 15.3 Å². The predicted octanol–water partition coefficient (Wildman–Crippen LogP) is 6.35. The molecule has 3 aromatic heterocycles. The molecule has 1 amide bonds. The Kier molecular flexibility index (Phi) is 6.40. The lowest BCUT2D eigenvalue weighted by atomic mass is 9.97. The first-order valence-corrected chi connectivity index (χ1v) is 13.2. The van der Waals surface area contributed by atoms with Crippen molar-refractivity contribution >= 4 is 33.1 Å². The molecule has 1 N–H and O–H groups in total. The standard InChI is InChI=1S/C29H22F2N4O3S/c1-16-32-27(25-20-5-2-3-7-24(20)39-28(25)33-16)38-23-13-10-18(15-22(23)31)34-26(36)21-6-4-14-35(29(21)37)19-11-8-17(30)9-12-19/h4,6,8-15H,2-3,5,7H2,1H3,(H,34,36). The third-order valence-corrected chi connectivity index (χ3v) is 7.77. The number of rotatable bonds is 5. The van der Waals surface area contributed by atoms with E-state index in [1.165, 1.54) is 69.7 Å². The number of fused-ring (bicyclic) bond motifs is 3. The van der Waals surface area contributed by atoms with Crippen molar-refractivity contribution in [1.29, 1.82) is 0 Å². The topological polar surface area (TPSA) is 86.1 Å². The van der Waals surface area contributed by atoms with Crippen LogP contribution in [0.1, 0.15) is 39.5 Å². The van der Waals surface area contributed by atoms with Crippen molar-refractivity contribution in [1.82, 2.24) is 14.5 Å². The highest BCUT2D eigenvalue weighted by atomic mass is 32.1. The molecular weight excluding hydrogens is 522 g/mol. The van der Waals surface area contributed by atoms with Crippen LogP contribution in [-0.4, -0.2) is 20.4 Å². The zero-order chi connectivity index (χ0) is 27.1. The number of thiophene rings is 1. The fourth-order valence-corrected chi connectivity index (χ4v) is 6.03. The van der Waals surface area contributed by atoms with Crippen molar-refractivity contribution in [3.05, 3.63) is 105 Å². The molecule has 6 rings (SSSR count). The van der Waals surface area contributed by atoms with Gasteiger partial charge in [-0.05, 0) is 86.7 Å². The highest BCUT2D eigenvalue weighted by Gasteiger charge is 2.23. The molecular formula is C29H22F2N4O3S. The van der Waals surface area contributed by atoms with Crippen LogP contribution >= 0.6 is 11.3 Å². The van der Waals surface area contributed by atoms with E-state index in [1.807, 2.05) is 0 Å². The Bertz CT molecular complexity index is 1800. The number of anilines is 1. The molecule has 0 bridgehead atoms. The summed E-state index contributed by atoms with van der Waals surface area (Å²) in [5, 5.41) is 3.39. The summed E-state index contributed by atoms with van der Waals surface area (Å²) < 4.78 is 35.6. The first-order valence-electron chi connectivity index (χ1n) is 12.4. The Morgan fingerprint density at radius 3 is 2.64 bits per heavy atom. The molecule has 0 fully saturated rings. The van der Waals surface area contributed by atoms with Gasteiger partial charge in [0.05, 0.1) is 5.39 Å². The van der Waals surface area contributed by atoms with Gasteiger partial charge in [-0.25, -0.2) is 13.8 Å². The van der Waals surface area contributed by atoms with Gasteiger partial charge in [0.15, 0.2) is 11.6 Å². The second kappa shape index (κ2) is 10.0. The van der Waals surface area contributed by atoms with E-state index < -0.39 is 23.1 Å². The van der Waals surface area contributed by atoms with Gasteiger partial charge in [-0.15, -0.1) is 11.3 Å². The molecule has 196 valence electrons. The van der Waals surface area contributed by atoms with E-state index >= 15 is 4.39 Å². The lowest BCUT2D eigenvalue weighted by Crippen LogP contribution is -2.27. The van der Waals surface area contributed by atoms with Crippen LogP contribution in [-0.2, 0) is 12.8 Å². The van der Waals surface area contributed by atoms with E-state index in [0.29, 0.717) is 17.4 Å². The number of benzene rings is 2. The van der Waals surface area contributed by atoms with Gasteiger partial charge in [-0.3, -0.25) is 14.2 Å². The quantitative estimate of drug-likeness (QED) is 0.279. The van der Waals surface area contributed by atoms with Gasteiger partial charge in [0, 0.05) is 28.5 Å². The summed E-state index contributed by atoms with van der Waals surface area (Å²) in [6.07, 6.45) is 5.59. The van der Waals surface area contributed by atoms with Gasteiger partial charge < -0.3 is 10.1 Å². The van der Waals surface area contributed by atoms with E-state index in [0.717, 1.165) is 42.0 Å². The fraction of sp³-hybridized carbons (Fsp3) is 0.172. The largest absolute Gasteiger partial charge is 0.435 e. The Balaban J connectivity index is 1.25. The number of halogens is 2. The molecule has 1 aliphatic carbocycles. The molecule has 10 heteroatoms. The number of carbonyl (C=O) groups excluding carboxylic acids is 1. The highest BCUT2D eigenvalue weighted by molar-refractivity contribution is 7.18. The number of hydrogen-bond acceptors (Lipinski definition) is 6. The Morgan fingerprint density at radius 2 is 1.85 bits per heavy atom. The number of nitrogens with zero attached hydrogens (tertiary/aromatic N) is 3. The molecule has 0 aliphatic heterocycles. The van der Waals surface area contributed by atoms with E-state index in [-0.39, 0.29) is 17.0 Å². The molecule has 0 saturated carbocycles.